The van der Waals surface area contributed by atoms with Gasteiger partial charge in [-0.25, -0.2) is 0 Å². The molecule has 4 nitrogen and oxygen atoms in total. The molecule has 0 unspecified atom stereocenters. The summed E-state index contributed by atoms with van der Waals surface area (Å²) in [7, 11) is 0. The van der Waals surface area contributed by atoms with E-state index in [1.807, 2.05) is 32.1 Å². The second-order valence-corrected chi connectivity index (χ2v) is 10.1. The van der Waals surface area contributed by atoms with Crippen LogP contribution in [0.1, 0.15) is 47.9 Å². The zero-order chi connectivity index (χ0) is 23.3. The number of thioether (sulfide) groups is 1. The third kappa shape index (κ3) is 6.44. The van der Waals surface area contributed by atoms with Crippen LogP contribution in [0.15, 0.2) is 41.3 Å². The average Bonchev–Trinajstić information content (AvgIpc) is 2.99. The van der Waals surface area contributed by atoms with E-state index in [-0.39, 0.29) is 11.8 Å². The van der Waals surface area contributed by atoms with E-state index in [4.69, 9.17) is 23.8 Å². The summed E-state index contributed by atoms with van der Waals surface area (Å²) in [5, 5.41) is 3.70. The molecular formula is C25H27ClN2O2S2. The fourth-order valence-electron chi connectivity index (χ4n) is 3.71. The Bertz CT molecular complexity index is 1040. The van der Waals surface area contributed by atoms with Crippen molar-refractivity contribution in [1.29, 1.82) is 0 Å². The lowest BCUT2D eigenvalue weighted by Crippen LogP contribution is -2.29. The number of halogens is 1. The number of unbranched alkanes of at least 4 members (excludes halogenated alkanes) is 2. The Labute approximate surface area is 204 Å². The minimum Gasteiger partial charge on any atom is -0.326 e. The fraction of sp³-hybridized carbons (Fsp3) is 0.320. The maximum atomic E-state index is 12.7. The monoisotopic (exact) mass is 486 g/mol. The molecule has 0 radical (unpaired) electrons. The van der Waals surface area contributed by atoms with E-state index >= 15 is 0 Å². The van der Waals surface area contributed by atoms with Gasteiger partial charge in [0.25, 0.3) is 5.91 Å². The predicted molar refractivity (Wildman–Crippen MR) is 139 cm³/mol. The van der Waals surface area contributed by atoms with E-state index in [9.17, 15) is 9.59 Å². The third-order valence-corrected chi connectivity index (χ3v) is 6.90. The van der Waals surface area contributed by atoms with Crippen molar-refractivity contribution in [1.82, 2.24) is 4.90 Å². The number of anilines is 1. The molecule has 1 aliphatic rings. The summed E-state index contributed by atoms with van der Waals surface area (Å²) in [5.41, 5.74) is 5.18. The largest absolute Gasteiger partial charge is 0.326 e. The lowest BCUT2D eigenvalue weighted by molar-refractivity contribution is -0.122. The van der Waals surface area contributed by atoms with Gasteiger partial charge in [-0.3, -0.25) is 14.5 Å². The zero-order valence-electron chi connectivity index (χ0n) is 18.5. The topological polar surface area (TPSA) is 49.4 Å². The van der Waals surface area contributed by atoms with Crippen LogP contribution in [0.5, 0.6) is 0 Å². The maximum Gasteiger partial charge on any atom is 0.266 e. The smallest absolute Gasteiger partial charge is 0.266 e. The SMILES string of the molecule is Cc1cc(C)c(NC(=O)CCCCCN2C(=O)C(=Cc3ccc(Cl)cc3)SC2=S)c(C)c1. The molecule has 0 bridgehead atoms. The van der Waals surface area contributed by atoms with Crippen LogP contribution in [0.2, 0.25) is 5.02 Å². The molecule has 0 spiro atoms. The second-order valence-electron chi connectivity index (χ2n) is 8.02. The van der Waals surface area contributed by atoms with Crippen molar-refractivity contribution < 1.29 is 9.59 Å². The van der Waals surface area contributed by atoms with Gasteiger partial charge in [0.15, 0.2) is 0 Å². The number of aryl methyl sites for hydroxylation is 3. The Balaban J connectivity index is 1.43. The van der Waals surface area contributed by atoms with E-state index < -0.39 is 0 Å². The highest BCUT2D eigenvalue weighted by Gasteiger charge is 2.31. The first-order valence-electron chi connectivity index (χ1n) is 10.6. The molecule has 3 rings (SSSR count). The van der Waals surface area contributed by atoms with Gasteiger partial charge in [0.1, 0.15) is 4.32 Å². The van der Waals surface area contributed by atoms with Crippen LogP contribution in [-0.4, -0.2) is 27.6 Å². The van der Waals surface area contributed by atoms with Crippen LogP contribution in [0.25, 0.3) is 6.08 Å². The molecule has 0 aromatic heterocycles. The van der Waals surface area contributed by atoms with E-state index in [0.29, 0.717) is 27.2 Å². The average molecular weight is 487 g/mol. The molecule has 0 aliphatic carbocycles. The summed E-state index contributed by atoms with van der Waals surface area (Å²) in [4.78, 5) is 27.3. The van der Waals surface area contributed by atoms with Gasteiger partial charge in [-0.15, -0.1) is 0 Å². The molecule has 2 aromatic carbocycles. The van der Waals surface area contributed by atoms with Crippen LogP contribution < -0.4 is 5.32 Å². The van der Waals surface area contributed by atoms with Crippen molar-refractivity contribution in [2.24, 2.45) is 0 Å². The first-order valence-corrected chi connectivity index (χ1v) is 12.2. The van der Waals surface area contributed by atoms with Gasteiger partial charge < -0.3 is 5.32 Å². The van der Waals surface area contributed by atoms with E-state index in [0.717, 1.165) is 41.6 Å². The van der Waals surface area contributed by atoms with Crippen LogP contribution in [0.3, 0.4) is 0 Å². The molecular weight excluding hydrogens is 460 g/mol. The number of amides is 2. The molecule has 1 aliphatic heterocycles. The number of thiocarbonyl (C=S) groups is 1. The number of carbonyl (C=O) groups is 2. The van der Waals surface area contributed by atoms with Crippen molar-refractivity contribution in [2.75, 3.05) is 11.9 Å². The highest BCUT2D eigenvalue weighted by atomic mass is 35.5. The second kappa shape index (κ2) is 11.1. The highest BCUT2D eigenvalue weighted by molar-refractivity contribution is 8.26. The molecule has 1 heterocycles. The van der Waals surface area contributed by atoms with Gasteiger partial charge in [-0.1, -0.05) is 71.8 Å². The lowest BCUT2D eigenvalue weighted by Gasteiger charge is -2.14. The van der Waals surface area contributed by atoms with Gasteiger partial charge >= 0.3 is 0 Å². The van der Waals surface area contributed by atoms with Crippen molar-refractivity contribution in [3.05, 3.63) is 68.6 Å². The van der Waals surface area contributed by atoms with Crippen LogP contribution in [-0.2, 0) is 9.59 Å². The molecule has 1 saturated heterocycles. The van der Waals surface area contributed by atoms with Gasteiger partial charge in [0.2, 0.25) is 5.91 Å². The summed E-state index contributed by atoms with van der Waals surface area (Å²) in [6.07, 6.45) is 4.73. The third-order valence-electron chi connectivity index (χ3n) is 5.27. The van der Waals surface area contributed by atoms with Crippen molar-refractivity contribution in [3.8, 4) is 0 Å². The van der Waals surface area contributed by atoms with Gasteiger partial charge in [-0.2, -0.15) is 0 Å². The summed E-state index contributed by atoms with van der Waals surface area (Å²) in [6.45, 7) is 6.65. The summed E-state index contributed by atoms with van der Waals surface area (Å²) < 4.78 is 0.582. The van der Waals surface area contributed by atoms with Crippen molar-refractivity contribution >= 4 is 63.5 Å². The zero-order valence-corrected chi connectivity index (χ0v) is 20.9. The molecule has 0 saturated carbocycles. The molecule has 2 amide bonds. The molecule has 7 heteroatoms. The number of benzene rings is 2. The first-order chi connectivity index (χ1) is 15.2. The Morgan fingerprint density at radius 1 is 1.09 bits per heavy atom. The molecule has 32 heavy (non-hydrogen) atoms. The Morgan fingerprint density at radius 2 is 1.75 bits per heavy atom. The molecule has 1 N–H and O–H groups in total. The maximum absolute atomic E-state index is 12.7. The lowest BCUT2D eigenvalue weighted by atomic mass is 10.0. The minimum absolute atomic E-state index is 0.0246. The number of hydrogen-bond acceptors (Lipinski definition) is 4. The normalized spacial score (nSPS) is 15.0. The molecule has 0 atom stereocenters. The minimum atomic E-state index is -0.0574. The number of carbonyl (C=O) groups excluding carboxylic acids is 2. The summed E-state index contributed by atoms with van der Waals surface area (Å²) in [5.74, 6) is -0.0328. The van der Waals surface area contributed by atoms with Crippen LogP contribution >= 0.6 is 35.6 Å². The van der Waals surface area contributed by atoms with E-state index in [1.54, 1.807) is 17.0 Å². The molecule has 168 valence electrons. The van der Waals surface area contributed by atoms with Crippen molar-refractivity contribution in [2.45, 2.75) is 46.5 Å². The Hall–Kier alpha value is -2.15. The predicted octanol–water partition coefficient (Wildman–Crippen LogP) is 6.67. The number of nitrogens with zero attached hydrogens (tertiary/aromatic N) is 1. The Kier molecular flexibility index (Phi) is 8.51. The quantitative estimate of drug-likeness (QED) is 0.257. The van der Waals surface area contributed by atoms with Gasteiger partial charge in [0.05, 0.1) is 4.91 Å². The Morgan fingerprint density at radius 3 is 2.41 bits per heavy atom. The van der Waals surface area contributed by atoms with Gasteiger partial charge in [0, 0.05) is 23.7 Å². The van der Waals surface area contributed by atoms with Crippen LogP contribution in [0, 0.1) is 20.8 Å². The van der Waals surface area contributed by atoms with Crippen molar-refractivity contribution in [3.63, 3.8) is 0 Å². The standard InChI is InChI=1S/C25H27ClN2O2S2/c1-16-13-17(2)23(18(3)14-16)27-22(29)7-5-4-6-12-28-24(30)21(32-25(28)31)15-19-8-10-20(26)11-9-19/h8-11,13-15H,4-7,12H2,1-3H3,(H,27,29). The molecule has 1 fully saturated rings. The van der Waals surface area contributed by atoms with E-state index in [2.05, 4.69) is 24.4 Å². The highest BCUT2D eigenvalue weighted by Crippen LogP contribution is 2.33. The van der Waals surface area contributed by atoms with Gasteiger partial charge in [-0.05, 0) is 68.5 Å². The fourth-order valence-corrected chi connectivity index (χ4v) is 5.15. The summed E-state index contributed by atoms with van der Waals surface area (Å²) >= 11 is 12.6. The van der Waals surface area contributed by atoms with E-state index in [1.165, 1.54) is 17.3 Å². The molecule has 2 aromatic rings. The summed E-state index contributed by atoms with van der Waals surface area (Å²) in [6, 6.07) is 11.5. The number of hydrogen-bond donors (Lipinski definition) is 1. The number of rotatable bonds is 8. The first kappa shape index (κ1) is 24.5. The van der Waals surface area contributed by atoms with Crippen LogP contribution in [0.4, 0.5) is 5.69 Å². The number of nitrogens with one attached hydrogen (secondary N) is 1.